The molecular weight excluding hydrogens is 293 g/mol. The fourth-order valence-electron chi connectivity index (χ4n) is 3.46. The second kappa shape index (κ2) is 7.30. The molecule has 1 aromatic rings. The summed E-state index contributed by atoms with van der Waals surface area (Å²) >= 11 is 0. The van der Waals surface area contributed by atoms with E-state index in [2.05, 4.69) is 15.6 Å². The summed E-state index contributed by atoms with van der Waals surface area (Å²) in [6.45, 7) is 2.49. The van der Waals surface area contributed by atoms with Crippen LogP contribution in [0.4, 0.5) is 4.39 Å². The fraction of sp³-hybridized carbons (Fsp3) is 0.611. The average molecular weight is 319 g/mol. The molecule has 1 atom stereocenters. The molecule has 3 rings (SSSR count). The van der Waals surface area contributed by atoms with E-state index in [9.17, 15) is 4.39 Å². The van der Waals surface area contributed by atoms with Crippen LogP contribution in [0.25, 0.3) is 0 Å². The molecule has 4 nitrogen and oxygen atoms in total. The molecule has 1 aliphatic heterocycles. The van der Waals surface area contributed by atoms with Gasteiger partial charge in [-0.25, -0.2) is 4.39 Å². The monoisotopic (exact) mass is 319 g/mol. The van der Waals surface area contributed by atoms with Gasteiger partial charge in [0.2, 0.25) is 0 Å². The Labute approximate surface area is 137 Å². The van der Waals surface area contributed by atoms with Crippen molar-refractivity contribution in [2.45, 2.75) is 43.6 Å². The Kier molecular flexibility index (Phi) is 5.16. The lowest BCUT2D eigenvalue weighted by Crippen LogP contribution is -2.49. The number of guanidine groups is 1. The largest absolute Gasteiger partial charge is 0.376 e. The van der Waals surface area contributed by atoms with Gasteiger partial charge in [0.05, 0.1) is 6.10 Å². The zero-order valence-electron chi connectivity index (χ0n) is 13.8. The van der Waals surface area contributed by atoms with Crippen LogP contribution in [-0.2, 0) is 10.2 Å². The van der Waals surface area contributed by atoms with Gasteiger partial charge in [0.25, 0.3) is 0 Å². The normalized spacial score (nSPS) is 23.4. The van der Waals surface area contributed by atoms with Crippen LogP contribution in [0, 0.1) is 5.82 Å². The number of rotatable bonds is 5. The molecule has 1 saturated carbocycles. The summed E-state index contributed by atoms with van der Waals surface area (Å²) in [5, 5.41) is 6.79. The first-order chi connectivity index (χ1) is 11.2. The third-order valence-electron chi connectivity index (χ3n) is 5.11. The molecule has 0 aromatic heterocycles. The van der Waals surface area contributed by atoms with Crippen molar-refractivity contribution >= 4 is 5.96 Å². The molecule has 2 aliphatic rings. The van der Waals surface area contributed by atoms with E-state index in [1.807, 2.05) is 12.1 Å². The van der Waals surface area contributed by atoms with Crippen molar-refractivity contribution < 1.29 is 9.13 Å². The van der Waals surface area contributed by atoms with Gasteiger partial charge in [0, 0.05) is 32.2 Å². The summed E-state index contributed by atoms with van der Waals surface area (Å²) < 4.78 is 18.8. The molecule has 1 aliphatic carbocycles. The van der Waals surface area contributed by atoms with Crippen LogP contribution < -0.4 is 10.6 Å². The zero-order chi connectivity index (χ0) is 16.1. The third-order valence-corrected chi connectivity index (χ3v) is 5.11. The molecule has 1 saturated heterocycles. The maximum Gasteiger partial charge on any atom is 0.191 e. The third kappa shape index (κ3) is 3.83. The van der Waals surface area contributed by atoms with Gasteiger partial charge >= 0.3 is 0 Å². The van der Waals surface area contributed by atoms with Crippen molar-refractivity contribution in [2.75, 3.05) is 26.7 Å². The van der Waals surface area contributed by atoms with Gasteiger partial charge in [-0.2, -0.15) is 0 Å². The van der Waals surface area contributed by atoms with E-state index in [1.54, 1.807) is 19.2 Å². The highest BCUT2D eigenvalue weighted by molar-refractivity contribution is 5.79. The molecule has 1 unspecified atom stereocenters. The average Bonchev–Trinajstić information content (AvgIpc) is 3.04. The summed E-state index contributed by atoms with van der Waals surface area (Å²) in [4.78, 5) is 4.30. The van der Waals surface area contributed by atoms with Crippen LogP contribution >= 0.6 is 0 Å². The number of ether oxygens (including phenoxy) is 1. The van der Waals surface area contributed by atoms with Crippen LogP contribution in [0.1, 0.15) is 37.7 Å². The van der Waals surface area contributed by atoms with Crippen LogP contribution in [0.2, 0.25) is 0 Å². The van der Waals surface area contributed by atoms with Crippen molar-refractivity contribution in [3.8, 4) is 0 Å². The van der Waals surface area contributed by atoms with E-state index in [-0.39, 0.29) is 11.2 Å². The lowest BCUT2D eigenvalue weighted by atomic mass is 9.64. The number of hydrogen-bond donors (Lipinski definition) is 2. The lowest BCUT2D eigenvalue weighted by Gasteiger charge is -2.43. The summed E-state index contributed by atoms with van der Waals surface area (Å²) in [6, 6.07) is 6.94. The van der Waals surface area contributed by atoms with Gasteiger partial charge in [0.1, 0.15) is 5.82 Å². The summed E-state index contributed by atoms with van der Waals surface area (Å²) in [5.74, 6) is 0.638. The van der Waals surface area contributed by atoms with Crippen LogP contribution in [0.5, 0.6) is 0 Å². The first-order valence-electron chi connectivity index (χ1n) is 8.54. The van der Waals surface area contributed by atoms with Crippen molar-refractivity contribution in [2.24, 2.45) is 4.99 Å². The number of halogens is 1. The highest BCUT2D eigenvalue weighted by Gasteiger charge is 2.38. The molecule has 23 heavy (non-hydrogen) atoms. The molecule has 0 spiro atoms. The number of aliphatic imine (C=N–C) groups is 1. The molecule has 5 heteroatoms. The zero-order valence-corrected chi connectivity index (χ0v) is 13.8. The SMILES string of the molecule is CN=C(NCC1CCCO1)NCC1(c2ccc(F)cc2)CCC1. The number of benzene rings is 1. The molecule has 1 heterocycles. The number of nitrogens with zero attached hydrogens (tertiary/aromatic N) is 1. The van der Waals surface area contributed by atoms with Crippen molar-refractivity contribution in [1.82, 2.24) is 10.6 Å². The Morgan fingerprint density at radius 3 is 2.61 bits per heavy atom. The van der Waals surface area contributed by atoms with Gasteiger partial charge in [-0.1, -0.05) is 18.6 Å². The fourth-order valence-corrected chi connectivity index (χ4v) is 3.46. The first kappa shape index (κ1) is 16.2. The van der Waals surface area contributed by atoms with Crippen LogP contribution in [0.3, 0.4) is 0 Å². The Morgan fingerprint density at radius 1 is 1.26 bits per heavy atom. The minimum atomic E-state index is -0.176. The van der Waals surface area contributed by atoms with E-state index < -0.39 is 0 Å². The highest BCUT2D eigenvalue weighted by atomic mass is 19.1. The number of nitrogens with one attached hydrogen (secondary N) is 2. The smallest absolute Gasteiger partial charge is 0.191 e. The summed E-state index contributed by atoms with van der Waals surface area (Å²) in [6.07, 6.45) is 6.04. The Bertz CT molecular complexity index is 534. The second-order valence-corrected chi connectivity index (χ2v) is 6.58. The lowest BCUT2D eigenvalue weighted by molar-refractivity contribution is 0.113. The van der Waals surface area contributed by atoms with Gasteiger partial charge in [-0.05, 0) is 43.4 Å². The first-order valence-corrected chi connectivity index (χ1v) is 8.54. The summed E-state index contributed by atoms with van der Waals surface area (Å²) in [7, 11) is 1.79. The molecular formula is C18H26FN3O. The van der Waals surface area contributed by atoms with Crippen molar-refractivity contribution in [1.29, 1.82) is 0 Å². The molecule has 1 aromatic carbocycles. The summed E-state index contributed by atoms with van der Waals surface area (Å²) in [5.41, 5.74) is 1.32. The molecule has 2 N–H and O–H groups in total. The maximum atomic E-state index is 13.2. The quantitative estimate of drug-likeness (QED) is 0.648. The van der Waals surface area contributed by atoms with Gasteiger partial charge in [-0.15, -0.1) is 0 Å². The van der Waals surface area contributed by atoms with Crippen molar-refractivity contribution in [3.63, 3.8) is 0 Å². The van der Waals surface area contributed by atoms with E-state index >= 15 is 0 Å². The minimum Gasteiger partial charge on any atom is -0.376 e. The van der Waals surface area contributed by atoms with Gasteiger partial charge < -0.3 is 15.4 Å². The Morgan fingerprint density at radius 2 is 2.04 bits per heavy atom. The topological polar surface area (TPSA) is 45.7 Å². The Hall–Kier alpha value is -1.62. The maximum absolute atomic E-state index is 13.2. The van der Waals surface area contributed by atoms with Gasteiger partial charge in [-0.3, -0.25) is 4.99 Å². The molecule has 0 radical (unpaired) electrons. The molecule has 126 valence electrons. The predicted octanol–water partition coefficient (Wildman–Crippen LogP) is 2.59. The van der Waals surface area contributed by atoms with E-state index in [1.165, 1.54) is 12.0 Å². The molecule has 0 amide bonds. The van der Waals surface area contributed by atoms with E-state index in [4.69, 9.17) is 4.74 Å². The minimum absolute atomic E-state index is 0.106. The van der Waals surface area contributed by atoms with E-state index in [0.717, 1.165) is 51.3 Å². The predicted molar refractivity (Wildman–Crippen MR) is 90.3 cm³/mol. The van der Waals surface area contributed by atoms with E-state index in [0.29, 0.717) is 6.10 Å². The Balaban J connectivity index is 1.55. The van der Waals surface area contributed by atoms with Gasteiger partial charge in [0.15, 0.2) is 5.96 Å². The highest BCUT2D eigenvalue weighted by Crippen LogP contribution is 2.43. The second-order valence-electron chi connectivity index (χ2n) is 6.58. The van der Waals surface area contributed by atoms with Crippen molar-refractivity contribution in [3.05, 3.63) is 35.6 Å². The van der Waals surface area contributed by atoms with Crippen LogP contribution in [-0.4, -0.2) is 38.8 Å². The molecule has 0 bridgehead atoms. The van der Waals surface area contributed by atoms with Crippen LogP contribution in [0.15, 0.2) is 29.3 Å². The standard InChI is InChI=1S/C18H26FN3O/c1-20-17(21-12-16-4-2-11-23-16)22-13-18(9-3-10-18)14-5-7-15(19)8-6-14/h5-8,16H,2-4,9-13H2,1H3,(H2,20,21,22). The molecule has 2 fully saturated rings. The number of hydrogen-bond acceptors (Lipinski definition) is 2.